The Bertz CT molecular complexity index is 1150. The quantitative estimate of drug-likeness (QED) is 0.478. The first-order valence-corrected chi connectivity index (χ1v) is 9.56. The normalized spacial score (nSPS) is 12.0. The Morgan fingerprint density at radius 2 is 1.97 bits per heavy atom. The van der Waals surface area contributed by atoms with E-state index in [1.807, 2.05) is 50.2 Å². The Morgan fingerprint density at radius 1 is 1.17 bits per heavy atom. The maximum atomic E-state index is 12.6. The number of fused-ring (bicyclic) bond motifs is 1. The molecule has 1 amide bonds. The van der Waals surface area contributed by atoms with Gasteiger partial charge in [-0.25, -0.2) is 0 Å². The van der Waals surface area contributed by atoms with E-state index in [0.29, 0.717) is 23.9 Å². The summed E-state index contributed by atoms with van der Waals surface area (Å²) in [6, 6.07) is 14.7. The molecule has 0 spiro atoms. The Balaban J connectivity index is 1.46. The fourth-order valence-electron chi connectivity index (χ4n) is 3.02. The Morgan fingerprint density at radius 3 is 2.70 bits per heavy atom. The average Bonchev–Trinajstić information content (AvgIpc) is 3.29. The van der Waals surface area contributed by atoms with Gasteiger partial charge in [-0.15, -0.1) is 0 Å². The van der Waals surface area contributed by atoms with Crippen LogP contribution in [0.15, 0.2) is 53.1 Å². The molecular formula is C22H22N4O4. The van der Waals surface area contributed by atoms with Gasteiger partial charge in [-0.3, -0.25) is 9.89 Å². The van der Waals surface area contributed by atoms with Gasteiger partial charge >= 0.3 is 0 Å². The van der Waals surface area contributed by atoms with Crippen LogP contribution in [-0.2, 0) is 11.4 Å². The Hall–Kier alpha value is -3.81. The second-order valence-electron chi connectivity index (χ2n) is 6.93. The third-order valence-electron chi connectivity index (χ3n) is 4.77. The molecule has 1 unspecified atom stereocenters. The predicted molar refractivity (Wildman–Crippen MR) is 112 cm³/mol. The van der Waals surface area contributed by atoms with Gasteiger partial charge in [-0.1, -0.05) is 23.4 Å². The van der Waals surface area contributed by atoms with Crippen molar-refractivity contribution in [1.29, 1.82) is 0 Å². The molecular weight excluding hydrogens is 384 g/mol. The molecule has 0 aliphatic rings. The molecule has 8 heteroatoms. The molecule has 0 radical (unpaired) electrons. The number of para-hydroxylation sites is 1. The third-order valence-corrected chi connectivity index (χ3v) is 4.77. The molecule has 154 valence electrons. The summed E-state index contributed by atoms with van der Waals surface area (Å²) < 4.78 is 16.7. The first kappa shape index (κ1) is 19.5. The van der Waals surface area contributed by atoms with Crippen molar-refractivity contribution in [3.63, 3.8) is 0 Å². The number of anilines is 1. The van der Waals surface area contributed by atoms with Crippen molar-refractivity contribution < 1.29 is 18.8 Å². The van der Waals surface area contributed by atoms with E-state index in [9.17, 15) is 4.79 Å². The summed E-state index contributed by atoms with van der Waals surface area (Å²) in [6.07, 6.45) is -0.682. The van der Waals surface area contributed by atoms with E-state index in [2.05, 4.69) is 20.7 Å². The maximum absolute atomic E-state index is 12.6. The lowest BCUT2D eigenvalue weighted by Gasteiger charge is -2.13. The van der Waals surface area contributed by atoms with E-state index in [0.717, 1.165) is 27.9 Å². The third kappa shape index (κ3) is 4.12. The van der Waals surface area contributed by atoms with Crippen LogP contribution < -0.4 is 14.8 Å². The minimum absolute atomic E-state index is 0.297. The van der Waals surface area contributed by atoms with Gasteiger partial charge in [-0.2, -0.15) is 5.10 Å². The number of H-pyrrole nitrogens is 1. The van der Waals surface area contributed by atoms with Crippen LogP contribution in [0.5, 0.6) is 11.5 Å². The lowest BCUT2D eigenvalue weighted by molar-refractivity contribution is -0.122. The van der Waals surface area contributed by atoms with Crippen molar-refractivity contribution in [3.05, 3.63) is 65.5 Å². The van der Waals surface area contributed by atoms with Crippen LogP contribution in [0.4, 0.5) is 5.82 Å². The first-order valence-electron chi connectivity index (χ1n) is 9.56. The van der Waals surface area contributed by atoms with Crippen LogP contribution in [0.2, 0.25) is 0 Å². The minimum atomic E-state index is -0.682. The zero-order valence-electron chi connectivity index (χ0n) is 16.9. The van der Waals surface area contributed by atoms with E-state index in [1.54, 1.807) is 19.1 Å². The van der Waals surface area contributed by atoms with E-state index in [-0.39, 0.29) is 5.91 Å². The summed E-state index contributed by atoms with van der Waals surface area (Å²) in [4.78, 5) is 12.6. The van der Waals surface area contributed by atoms with Crippen molar-refractivity contribution in [1.82, 2.24) is 15.4 Å². The molecule has 2 aromatic carbocycles. The molecule has 2 N–H and O–H groups in total. The van der Waals surface area contributed by atoms with Crippen molar-refractivity contribution in [3.8, 4) is 11.5 Å². The van der Waals surface area contributed by atoms with Gasteiger partial charge in [0.15, 0.2) is 11.9 Å². The number of nitrogens with zero attached hydrogens (tertiary/aromatic N) is 2. The summed E-state index contributed by atoms with van der Waals surface area (Å²) in [5.74, 6) is 2.13. The van der Waals surface area contributed by atoms with E-state index in [1.165, 1.54) is 0 Å². The number of carbonyl (C=O) groups is 1. The molecule has 2 heterocycles. The zero-order valence-corrected chi connectivity index (χ0v) is 16.9. The van der Waals surface area contributed by atoms with Crippen LogP contribution in [-0.4, -0.2) is 27.4 Å². The Labute approximate surface area is 173 Å². The molecule has 0 aliphatic heterocycles. The van der Waals surface area contributed by atoms with Gasteiger partial charge < -0.3 is 19.3 Å². The fourth-order valence-corrected chi connectivity index (χ4v) is 3.02. The summed E-state index contributed by atoms with van der Waals surface area (Å²) in [5.41, 5.74) is 2.51. The van der Waals surface area contributed by atoms with Gasteiger partial charge in [0.2, 0.25) is 0 Å². The van der Waals surface area contributed by atoms with E-state index in [4.69, 9.17) is 14.0 Å². The molecule has 30 heavy (non-hydrogen) atoms. The van der Waals surface area contributed by atoms with Gasteiger partial charge in [0, 0.05) is 5.39 Å². The van der Waals surface area contributed by atoms with Crippen LogP contribution in [0.1, 0.15) is 23.9 Å². The summed E-state index contributed by atoms with van der Waals surface area (Å²) >= 11 is 0. The summed E-state index contributed by atoms with van der Waals surface area (Å²) in [5, 5.41) is 14.6. The van der Waals surface area contributed by atoms with Crippen LogP contribution in [0, 0.1) is 13.8 Å². The highest BCUT2D eigenvalue weighted by atomic mass is 16.5. The number of ether oxygens (including phenoxy) is 2. The number of nitrogens with one attached hydrogen (secondary N) is 2. The maximum Gasteiger partial charge on any atom is 0.266 e. The first-order chi connectivity index (χ1) is 14.5. The number of aromatic amines is 1. The van der Waals surface area contributed by atoms with Gasteiger partial charge in [0.25, 0.3) is 5.91 Å². The number of benzene rings is 2. The molecule has 2 aromatic heterocycles. The van der Waals surface area contributed by atoms with Crippen molar-refractivity contribution in [2.75, 3.05) is 5.32 Å². The predicted octanol–water partition coefficient (Wildman–Crippen LogP) is 4.15. The SMILES string of the molecule is Cc1noc(C)c1COc1ccc2[nH]nc(NC(=O)C(C)Oc3ccccc3)c2c1. The van der Waals surface area contributed by atoms with Crippen LogP contribution in [0.25, 0.3) is 10.9 Å². The van der Waals surface area contributed by atoms with Gasteiger partial charge in [-0.05, 0) is 51.1 Å². The highest BCUT2D eigenvalue weighted by molar-refractivity contribution is 6.01. The number of aromatic nitrogens is 3. The lowest BCUT2D eigenvalue weighted by atomic mass is 10.2. The topological polar surface area (TPSA) is 102 Å². The molecule has 4 aromatic rings. The second kappa shape index (κ2) is 8.28. The number of hydrogen-bond donors (Lipinski definition) is 2. The molecule has 4 rings (SSSR count). The fraction of sp³-hybridized carbons (Fsp3) is 0.227. The lowest BCUT2D eigenvalue weighted by Crippen LogP contribution is -2.30. The summed E-state index contributed by atoms with van der Waals surface area (Å²) in [6.45, 7) is 5.76. The van der Waals surface area contributed by atoms with Crippen molar-refractivity contribution in [2.45, 2.75) is 33.5 Å². The van der Waals surface area contributed by atoms with E-state index < -0.39 is 6.10 Å². The number of hydrogen-bond acceptors (Lipinski definition) is 6. The van der Waals surface area contributed by atoms with Crippen molar-refractivity contribution >= 4 is 22.6 Å². The monoisotopic (exact) mass is 406 g/mol. The smallest absolute Gasteiger partial charge is 0.266 e. The highest BCUT2D eigenvalue weighted by Crippen LogP contribution is 2.27. The molecule has 8 nitrogen and oxygen atoms in total. The number of rotatable bonds is 7. The molecule has 0 saturated heterocycles. The zero-order chi connectivity index (χ0) is 21.1. The van der Waals surface area contributed by atoms with Gasteiger partial charge in [0.1, 0.15) is 23.9 Å². The number of aryl methyl sites for hydroxylation is 2. The number of carbonyl (C=O) groups excluding carboxylic acids is 1. The van der Waals surface area contributed by atoms with Crippen LogP contribution >= 0.6 is 0 Å². The standard InChI is InChI=1S/C22H22N4O4/c1-13-19(14(2)30-26-13)12-28-17-9-10-20-18(11-17)21(25-24-20)23-22(27)15(3)29-16-7-5-4-6-8-16/h4-11,15H,12H2,1-3H3,(H2,23,24,25,27). The summed E-state index contributed by atoms with van der Waals surface area (Å²) in [7, 11) is 0. The number of amides is 1. The van der Waals surface area contributed by atoms with Gasteiger partial charge in [0.05, 0.1) is 16.8 Å². The molecule has 0 saturated carbocycles. The highest BCUT2D eigenvalue weighted by Gasteiger charge is 2.18. The second-order valence-corrected chi connectivity index (χ2v) is 6.93. The molecule has 0 fully saturated rings. The minimum Gasteiger partial charge on any atom is -0.489 e. The van der Waals surface area contributed by atoms with Crippen LogP contribution in [0.3, 0.4) is 0 Å². The molecule has 1 atom stereocenters. The molecule has 0 aliphatic carbocycles. The Kier molecular flexibility index (Phi) is 5.38. The average molecular weight is 406 g/mol. The molecule has 0 bridgehead atoms. The van der Waals surface area contributed by atoms with Crippen molar-refractivity contribution in [2.24, 2.45) is 0 Å². The van der Waals surface area contributed by atoms with E-state index >= 15 is 0 Å². The largest absolute Gasteiger partial charge is 0.489 e.